The number of likely N-dealkylation sites (tertiary alicyclic amines) is 1. The standard InChI is InChI=1S/C23H35N5O4/c29-21(17-7-11-31-12-8-17)24-13-19-20-14-32-23(16-28(20)26-25-19)9-4-10-27(15-23)22(30)18-5-2-1-3-6-18/h17-18H,1-16H2,(H,24,29). The number of hydrogen-bond acceptors (Lipinski definition) is 6. The lowest BCUT2D eigenvalue weighted by Crippen LogP contribution is -2.56. The van der Waals surface area contributed by atoms with Crippen molar-refractivity contribution < 1.29 is 19.1 Å². The van der Waals surface area contributed by atoms with Gasteiger partial charge >= 0.3 is 0 Å². The van der Waals surface area contributed by atoms with E-state index in [4.69, 9.17) is 9.47 Å². The Morgan fingerprint density at radius 1 is 1.03 bits per heavy atom. The second-order valence-electron chi connectivity index (χ2n) is 9.91. The van der Waals surface area contributed by atoms with Gasteiger partial charge in [0.05, 0.1) is 31.9 Å². The molecular weight excluding hydrogens is 410 g/mol. The molecule has 1 saturated carbocycles. The average molecular weight is 446 g/mol. The molecule has 1 atom stereocenters. The van der Waals surface area contributed by atoms with Gasteiger partial charge in [0.25, 0.3) is 0 Å². The van der Waals surface area contributed by atoms with Gasteiger partial charge in [-0.2, -0.15) is 0 Å². The van der Waals surface area contributed by atoms with Gasteiger partial charge < -0.3 is 19.7 Å². The molecule has 32 heavy (non-hydrogen) atoms. The zero-order valence-electron chi connectivity index (χ0n) is 18.9. The lowest BCUT2D eigenvalue weighted by atomic mass is 9.86. The Morgan fingerprint density at radius 3 is 2.66 bits per heavy atom. The molecule has 2 amide bonds. The summed E-state index contributed by atoms with van der Waals surface area (Å²) in [6, 6.07) is 0. The summed E-state index contributed by atoms with van der Waals surface area (Å²) in [4.78, 5) is 27.6. The zero-order chi connectivity index (χ0) is 22.0. The SMILES string of the molecule is O=C(NCc1nnn2c1COC1(CCCN(C(=O)C3CCCCC3)C1)C2)C1CCOCC1. The van der Waals surface area contributed by atoms with Gasteiger partial charge in [-0.3, -0.25) is 9.59 Å². The van der Waals surface area contributed by atoms with Crippen LogP contribution in [0.5, 0.6) is 0 Å². The molecule has 3 fully saturated rings. The highest BCUT2D eigenvalue weighted by Gasteiger charge is 2.43. The minimum Gasteiger partial charge on any atom is -0.381 e. The summed E-state index contributed by atoms with van der Waals surface area (Å²) in [6.07, 6.45) is 9.07. The maximum Gasteiger partial charge on any atom is 0.225 e. The van der Waals surface area contributed by atoms with E-state index < -0.39 is 0 Å². The van der Waals surface area contributed by atoms with Gasteiger partial charge in [0, 0.05) is 31.6 Å². The lowest BCUT2D eigenvalue weighted by molar-refractivity contribution is -0.157. The average Bonchev–Trinajstić information content (AvgIpc) is 3.24. The first-order chi connectivity index (χ1) is 15.6. The molecular formula is C23H35N5O4. The molecule has 2 saturated heterocycles. The molecule has 176 valence electrons. The number of carbonyl (C=O) groups excluding carboxylic acids is 2. The fraction of sp³-hybridized carbons (Fsp3) is 0.826. The van der Waals surface area contributed by atoms with Crippen LogP contribution in [0.2, 0.25) is 0 Å². The summed E-state index contributed by atoms with van der Waals surface area (Å²) < 4.78 is 13.7. The lowest BCUT2D eigenvalue weighted by Gasteiger charge is -2.45. The number of rotatable bonds is 4. The third kappa shape index (κ3) is 4.55. The number of aromatic nitrogens is 3. The molecule has 1 aromatic rings. The summed E-state index contributed by atoms with van der Waals surface area (Å²) in [5.74, 6) is 0.584. The third-order valence-corrected chi connectivity index (χ3v) is 7.70. The Kier molecular flexibility index (Phi) is 6.46. The monoisotopic (exact) mass is 445 g/mol. The molecule has 1 aliphatic carbocycles. The van der Waals surface area contributed by atoms with Crippen LogP contribution in [0.1, 0.15) is 69.2 Å². The molecule has 1 N–H and O–H groups in total. The van der Waals surface area contributed by atoms with E-state index in [1.807, 2.05) is 9.58 Å². The molecule has 1 aromatic heterocycles. The van der Waals surface area contributed by atoms with E-state index in [1.54, 1.807) is 0 Å². The van der Waals surface area contributed by atoms with Crippen LogP contribution in [0.4, 0.5) is 0 Å². The fourth-order valence-corrected chi connectivity index (χ4v) is 5.75. The van der Waals surface area contributed by atoms with Crippen LogP contribution in [0.3, 0.4) is 0 Å². The number of fused-ring (bicyclic) bond motifs is 1. The van der Waals surface area contributed by atoms with Gasteiger partial charge in [0.1, 0.15) is 11.3 Å². The second-order valence-corrected chi connectivity index (χ2v) is 9.91. The number of piperidine rings is 1. The summed E-state index contributed by atoms with van der Waals surface area (Å²) in [5, 5.41) is 11.7. The molecule has 0 aromatic carbocycles. The van der Waals surface area contributed by atoms with Gasteiger partial charge in [0.15, 0.2) is 0 Å². The summed E-state index contributed by atoms with van der Waals surface area (Å²) in [5.41, 5.74) is 1.32. The van der Waals surface area contributed by atoms with Gasteiger partial charge in [-0.1, -0.05) is 24.5 Å². The molecule has 9 heteroatoms. The fourth-order valence-electron chi connectivity index (χ4n) is 5.75. The largest absolute Gasteiger partial charge is 0.381 e. The quantitative estimate of drug-likeness (QED) is 0.759. The normalized spacial score (nSPS) is 27.3. The molecule has 0 bridgehead atoms. The topological polar surface area (TPSA) is 98.6 Å². The minimum atomic E-state index is -0.383. The number of nitrogens with one attached hydrogen (secondary N) is 1. The van der Waals surface area contributed by atoms with Crippen LogP contribution in [0, 0.1) is 11.8 Å². The second kappa shape index (κ2) is 9.47. The zero-order valence-corrected chi connectivity index (χ0v) is 18.9. The molecule has 1 spiro atoms. The van der Waals surface area contributed by atoms with Crippen LogP contribution in [0.25, 0.3) is 0 Å². The van der Waals surface area contributed by atoms with Crippen molar-refractivity contribution in [3.05, 3.63) is 11.4 Å². The van der Waals surface area contributed by atoms with Crippen LogP contribution in [0.15, 0.2) is 0 Å². The van der Waals surface area contributed by atoms with Crippen LogP contribution < -0.4 is 5.32 Å². The molecule has 4 heterocycles. The highest BCUT2D eigenvalue weighted by atomic mass is 16.5. The van der Waals surface area contributed by atoms with Crippen molar-refractivity contribution in [3.8, 4) is 0 Å². The Labute approximate surface area is 189 Å². The van der Waals surface area contributed by atoms with E-state index in [0.29, 0.717) is 45.4 Å². The van der Waals surface area contributed by atoms with Gasteiger partial charge in [-0.05, 0) is 38.5 Å². The number of amides is 2. The maximum absolute atomic E-state index is 13.1. The first-order valence-electron chi connectivity index (χ1n) is 12.3. The Balaban J connectivity index is 1.20. The number of carbonyl (C=O) groups is 2. The highest BCUT2D eigenvalue weighted by molar-refractivity contribution is 5.79. The minimum absolute atomic E-state index is 0.0181. The van der Waals surface area contributed by atoms with Crippen molar-refractivity contribution in [1.82, 2.24) is 25.2 Å². The molecule has 0 radical (unpaired) electrons. The van der Waals surface area contributed by atoms with Crippen LogP contribution in [-0.4, -0.2) is 63.6 Å². The summed E-state index contributed by atoms with van der Waals surface area (Å²) in [6.45, 7) is 4.16. The molecule has 9 nitrogen and oxygen atoms in total. The Hall–Kier alpha value is -2.00. The molecule has 1 unspecified atom stereocenters. The van der Waals surface area contributed by atoms with Crippen molar-refractivity contribution in [3.63, 3.8) is 0 Å². The van der Waals surface area contributed by atoms with Crippen molar-refractivity contribution in [2.45, 2.75) is 83.1 Å². The Bertz CT molecular complexity index is 830. The predicted molar refractivity (Wildman–Crippen MR) is 115 cm³/mol. The number of nitrogens with zero attached hydrogens (tertiary/aromatic N) is 4. The van der Waals surface area contributed by atoms with Crippen molar-refractivity contribution in [2.24, 2.45) is 11.8 Å². The summed E-state index contributed by atoms with van der Waals surface area (Å²) >= 11 is 0. The third-order valence-electron chi connectivity index (χ3n) is 7.70. The van der Waals surface area contributed by atoms with E-state index in [2.05, 4.69) is 15.6 Å². The van der Waals surface area contributed by atoms with E-state index >= 15 is 0 Å². The smallest absolute Gasteiger partial charge is 0.225 e. The highest BCUT2D eigenvalue weighted by Crippen LogP contribution is 2.34. The number of hydrogen-bond donors (Lipinski definition) is 1. The van der Waals surface area contributed by atoms with Gasteiger partial charge in [0.2, 0.25) is 11.8 Å². The van der Waals surface area contributed by atoms with E-state index in [-0.39, 0.29) is 23.3 Å². The predicted octanol–water partition coefficient (Wildman–Crippen LogP) is 1.79. The van der Waals surface area contributed by atoms with E-state index in [1.165, 1.54) is 19.3 Å². The van der Waals surface area contributed by atoms with Crippen molar-refractivity contribution in [2.75, 3.05) is 26.3 Å². The first-order valence-corrected chi connectivity index (χ1v) is 12.3. The van der Waals surface area contributed by atoms with Crippen LogP contribution >= 0.6 is 0 Å². The molecule has 4 aliphatic rings. The van der Waals surface area contributed by atoms with E-state index in [0.717, 1.165) is 56.5 Å². The maximum atomic E-state index is 13.1. The first kappa shape index (κ1) is 21.8. The number of ether oxygens (including phenoxy) is 2. The van der Waals surface area contributed by atoms with Gasteiger partial charge in [-0.15, -0.1) is 5.10 Å². The van der Waals surface area contributed by atoms with Crippen molar-refractivity contribution >= 4 is 11.8 Å². The van der Waals surface area contributed by atoms with E-state index in [9.17, 15) is 9.59 Å². The van der Waals surface area contributed by atoms with Crippen LogP contribution in [-0.2, 0) is 38.8 Å². The summed E-state index contributed by atoms with van der Waals surface area (Å²) in [7, 11) is 0. The van der Waals surface area contributed by atoms with Gasteiger partial charge in [-0.25, -0.2) is 4.68 Å². The Morgan fingerprint density at radius 2 is 1.84 bits per heavy atom. The molecule has 3 aliphatic heterocycles. The molecule has 5 rings (SSSR count). The van der Waals surface area contributed by atoms with Crippen molar-refractivity contribution in [1.29, 1.82) is 0 Å².